The first kappa shape index (κ1) is 18.0. The van der Waals surface area contributed by atoms with Gasteiger partial charge in [-0.1, -0.05) is 24.3 Å². The Balaban J connectivity index is 1.44. The lowest BCUT2D eigenvalue weighted by Gasteiger charge is -2.36. The molecule has 0 atom stereocenters. The zero-order valence-corrected chi connectivity index (χ0v) is 15.3. The van der Waals surface area contributed by atoms with Crippen LogP contribution in [0.15, 0.2) is 40.8 Å². The van der Waals surface area contributed by atoms with Crippen molar-refractivity contribution in [3.05, 3.63) is 47.7 Å². The number of benzene rings is 1. The number of furan rings is 1. The molecule has 3 heterocycles. The van der Waals surface area contributed by atoms with Crippen LogP contribution in [0.5, 0.6) is 0 Å². The number of hydrogen-bond donors (Lipinski definition) is 2. The topological polar surface area (TPSA) is 109 Å². The minimum Gasteiger partial charge on any atom is -0.451 e. The minimum absolute atomic E-state index is 0.0168. The van der Waals surface area contributed by atoms with E-state index in [9.17, 15) is 19.2 Å². The highest BCUT2D eigenvalue weighted by molar-refractivity contribution is 6.07. The number of likely N-dealkylation sites (tertiary alicyclic amines) is 1. The third kappa shape index (κ3) is 3.06. The van der Waals surface area contributed by atoms with Crippen molar-refractivity contribution in [2.45, 2.75) is 25.3 Å². The number of urea groups is 1. The van der Waals surface area contributed by atoms with E-state index in [-0.39, 0.29) is 23.4 Å². The third-order valence-electron chi connectivity index (χ3n) is 5.31. The van der Waals surface area contributed by atoms with Crippen LogP contribution in [-0.4, -0.2) is 47.2 Å². The summed E-state index contributed by atoms with van der Waals surface area (Å²) in [5.74, 6) is 0.137. The molecule has 0 unspecified atom stereocenters. The van der Waals surface area contributed by atoms with Crippen LogP contribution in [0.2, 0.25) is 0 Å². The first-order valence-electron chi connectivity index (χ1n) is 9.02. The number of carbonyl (C=O) groups is 4. The van der Waals surface area contributed by atoms with E-state index in [1.165, 1.54) is 6.92 Å². The number of nitrogens with one attached hydrogen (secondary N) is 2. The summed E-state index contributed by atoms with van der Waals surface area (Å²) in [6.45, 7) is 2.19. The van der Waals surface area contributed by atoms with E-state index >= 15 is 0 Å². The Kier molecular flexibility index (Phi) is 4.26. The number of rotatable bonds is 3. The first-order valence-corrected chi connectivity index (χ1v) is 9.02. The Hall–Kier alpha value is -3.42. The van der Waals surface area contributed by atoms with E-state index in [1.807, 2.05) is 0 Å². The lowest BCUT2D eigenvalue weighted by atomic mass is 9.87. The van der Waals surface area contributed by atoms with Gasteiger partial charge in [-0.15, -0.1) is 0 Å². The summed E-state index contributed by atoms with van der Waals surface area (Å²) in [6, 6.07) is 9.82. The molecular formula is C20H19N3O5. The minimum atomic E-state index is -0.916. The molecule has 0 radical (unpaired) electrons. The third-order valence-corrected chi connectivity index (χ3v) is 5.31. The quantitative estimate of drug-likeness (QED) is 0.624. The summed E-state index contributed by atoms with van der Waals surface area (Å²) >= 11 is 0. The molecule has 1 aromatic carbocycles. The molecule has 4 amide bonds. The lowest BCUT2D eigenvalue weighted by Crippen LogP contribution is -2.55. The van der Waals surface area contributed by atoms with E-state index in [1.54, 1.807) is 41.3 Å². The molecule has 2 aromatic rings. The van der Waals surface area contributed by atoms with Crippen LogP contribution >= 0.6 is 0 Å². The Morgan fingerprint density at radius 3 is 2.29 bits per heavy atom. The van der Waals surface area contributed by atoms with Crippen LogP contribution in [0.3, 0.4) is 0 Å². The largest absolute Gasteiger partial charge is 0.451 e. The molecule has 4 rings (SSSR count). The number of Topliss-reactive ketones (excluding diaryl/α,β-unsaturated/α-hetero) is 1. The second kappa shape index (κ2) is 6.63. The average molecular weight is 381 g/mol. The monoisotopic (exact) mass is 381 g/mol. The SMILES string of the molecule is CC(=O)c1ccc(-c2ccc(C(=O)N3CCC4(CC3)NC(=O)NC4=O)o2)cc1. The van der Waals surface area contributed by atoms with E-state index in [0.29, 0.717) is 37.3 Å². The number of piperidine rings is 1. The second-order valence-corrected chi connectivity index (χ2v) is 7.08. The number of amides is 4. The van der Waals surface area contributed by atoms with Crippen LogP contribution in [0.4, 0.5) is 4.79 Å². The maximum atomic E-state index is 12.7. The van der Waals surface area contributed by atoms with Crippen LogP contribution in [-0.2, 0) is 4.79 Å². The van der Waals surface area contributed by atoms with Crippen molar-refractivity contribution in [3.8, 4) is 11.3 Å². The van der Waals surface area contributed by atoms with Crippen molar-refractivity contribution >= 4 is 23.6 Å². The van der Waals surface area contributed by atoms with Gasteiger partial charge in [0.15, 0.2) is 11.5 Å². The van der Waals surface area contributed by atoms with Crippen molar-refractivity contribution in [1.29, 1.82) is 0 Å². The molecule has 0 bridgehead atoms. The van der Waals surface area contributed by atoms with Gasteiger partial charge in [0.25, 0.3) is 11.8 Å². The van der Waals surface area contributed by atoms with Gasteiger partial charge in [-0.25, -0.2) is 4.79 Å². The van der Waals surface area contributed by atoms with Gasteiger partial charge in [0.2, 0.25) is 0 Å². The first-order chi connectivity index (χ1) is 13.4. The maximum Gasteiger partial charge on any atom is 0.322 e. The number of imide groups is 1. The van der Waals surface area contributed by atoms with Gasteiger partial charge in [0.05, 0.1) is 0 Å². The Morgan fingerprint density at radius 1 is 1.04 bits per heavy atom. The van der Waals surface area contributed by atoms with Gasteiger partial charge in [0.1, 0.15) is 11.3 Å². The van der Waals surface area contributed by atoms with Gasteiger partial charge < -0.3 is 14.6 Å². The predicted molar refractivity (Wildman–Crippen MR) is 98.7 cm³/mol. The van der Waals surface area contributed by atoms with E-state index in [4.69, 9.17) is 4.42 Å². The van der Waals surface area contributed by atoms with Gasteiger partial charge in [-0.3, -0.25) is 19.7 Å². The standard InChI is InChI=1S/C20H19N3O5/c1-12(24)13-2-4-14(5-3-13)15-6-7-16(28-15)17(25)23-10-8-20(9-11-23)18(26)21-19(27)22-20/h2-7H,8-11H2,1H3,(H2,21,22,26,27). The van der Waals surface area contributed by atoms with Crippen LogP contribution in [0, 0.1) is 0 Å². The van der Waals surface area contributed by atoms with E-state index < -0.39 is 11.6 Å². The molecule has 28 heavy (non-hydrogen) atoms. The average Bonchev–Trinajstić information content (AvgIpc) is 3.27. The fourth-order valence-electron chi connectivity index (χ4n) is 3.60. The normalized spacial score (nSPS) is 18.1. The number of ketones is 1. The Bertz CT molecular complexity index is 968. The van der Waals surface area contributed by atoms with Gasteiger partial charge in [0, 0.05) is 24.2 Å². The maximum absolute atomic E-state index is 12.7. The van der Waals surface area contributed by atoms with Gasteiger partial charge in [-0.05, 0) is 31.9 Å². The van der Waals surface area contributed by atoms with Gasteiger partial charge >= 0.3 is 6.03 Å². The zero-order valence-electron chi connectivity index (χ0n) is 15.3. The summed E-state index contributed by atoms with van der Waals surface area (Å²) in [5, 5.41) is 4.92. The van der Waals surface area contributed by atoms with Crippen LogP contribution < -0.4 is 10.6 Å². The molecule has 144 valence electrons. The molecule has 2 N–H and O–H groups in total. The predicted octanol–water partition coefficient (Wildman–Crippen LogP) is 1.96. The number of carbonyl (C=O) groups excluding carboxylic acids is 4. The summed E-state index contributed by atoms with van der Waals surface area (Å²) in [4.78, 5) is 49.1. The lowest BCUT2D eigenvalue weighted by molar-refractivity contribution is -0.125. The highest BCUT2D eigenvalue weighted by Crippen LogP contribution is 2.28. The molecule has 1 aromatic heterocycles. The Labute approximate surface area is 160 Å². The zero-order chi connectivity index (χ0) is 19.9. The molecule has 8 nitrogen and oxygen atoms in total. The summed E-state index contributed by atoms with van der Waals surface area (Å²) in [6.07, 6.45) is 0.715. The van der Waals surface area contributed by atoms with Crippen molar-refractivity contribution < 1.29 is 23.6 Å². The van der Waals surface area contributed by atoms with Crippen molar-refractivity contribution in [2.75, 3.05) is 13.1 Å². The van der Waals surface area contributed by atoms with E-state index in [2.05, 4.69) is 10.6 Å². The molecule has 8 heteroatoms. The van der Waals surface area contributed by atoms with E-state index in [0.717, 1.165) is 5.56 Å². The fraction of sp³-hybridized carbons (Fsp3) is 0.300. The molecular weight excluding hydrogens is 362 g/mol. The second-order valence-electron chi connectivity index (χ2n) is 7.08. The van der Waals surface area contributed by atoms with Crippen LogP contribution in [0.25, 0.3) is 11.3 Å². The van der Waals surface area contributed by atoms with Gasteiger partial charge in [-0.2, -0.15) is 0 Å². The molecule has 0 aliphatic carbocycles. The van der Waals surface area contributed by atoms with Crippen molar-refractivity contribution in [3.63, 3.8) is 0 Å². The fourth-order valence-corrected chi connectivity index (χ4v) is 3.60. The molecule has 2 saturated heterocycles. The molecule has 2 aliphatic rings. The Morgan fingerprint density at radius 2 is 1.71 bits per heavy atom. The van der Waals surface area contributed by atoms with Crippen LogP contribution in [0.1, 0.15) is 40.7 Å². The highest BCUT2D eigenvalue weighted by Gasteiger charge is 2.48. The number of hydrogen-bond acceptors (Lipinski definition) is 5. The molecule has 2 fully saturated rings. The van der Waals surface area contributed by atoms with Crippen molar-refractivity contribution in [1.82, 2.24) is 15.5 Å². The summed E-state index contributed by atoms with van der Waals surface area (Å²) in [7, 11) is 0. The van der Waals surface area contributed by atoms with Crippen molar-refractivity contribution in [2.24, 2.45) is 0 Å². The molecule has 1 spiro atoms. The summed E-state index contributed by atoms with van der Waals surface area (Å²) < 4.78 is 5.72. The number of nitrogens with zero attached hydrogens (tertiary/aromatic N) is 1. The molecule has 2 aliphatic heterocycles. The smallest absolute Gasteiger partial charge is 0.322 e. The highest BCUT2D eigenvalue weighted by atomic mass is 16.4. The summed E-state index contributed by atoms with van der Waals surface area (Å²) in [5.41, 5.74) is 0.463. The molecule has 0 saturated carbocycles.